The molecule has 0 heterocycles. The van der Waals surface area contributed by atoms with Gasteiger partial charge in [0.1, 0.15) is 17.5 Å². The van der Waals surface area contributed by atoms with Crippen molar-refractivity contribution in [3.63, 3.8) is 0 Å². The van der Waals surface area contributed by atoms with Crippen LogP contribution < -0.4 is 14.8 Å². The Labute approximate surface area is 191 Å². The van der Waals surface area contributed by atoms with Crippen molar-refractivity contribution in [3.05, 3.63) is 59.7 Å². The Kier molecular flexibility index (Phi) is 9.12. The first-order valence-electron chi connectivity index (χ1n) is 11.1. The van der Waals surface area contributed by atoms with Gasteiger partial charge in [-0.25, -0.2) is 0 Å². The fourth-order valence-electron chi connectivity index (χ4n) is 3.38. The molecule has 0 aliphatic heterocycles. The van der Waals surface area contributed by atoms with Gasteiger partial charge in [-0.3, -0.25) is 9.59 Å². The number of carbonyl (C=O) groups is 2. The first kappa shape index (κ1) is 25.2. The van der Waals surface area contributed by atoms with Gasteiger partial charge in [-0.15, -0.1) is 0 Å². The zero-order valence-electron chi connectivity index (χ0n) is 20.1. The molecule has 1 N–H and O–H groups in total. The monoisotopic (exact) mass is 440 g/mol. The Morgan fingerprint density at radius 3 is 2.47 bits per heavy atom. The molecule has 0 fully saturated rings. The second-order valence-electron chi connectivity index (χ2n) is 8.88. The van der Waals surface area contributed by atoms with Gasteiger partial charge >= 0.3 is 0 Å². The van der Waals surface area contributed by atoms with Crippen LogP contribution in [0.15, 0.2) is 48.5 Å². The lowest BCUT2D eigenvalue weighted by atomic mass is 9.86. The van der Waals surface area contributed by atoms with Crippen molar-refractivity contribution in [2.24, 2.45) is 0 Å². The number of carbonyl (C=O) groups excluding carboxylic acids is 2. The molecular formula is C26H36N2O4. The number of rotatable bonds is 10. The Morgan fingerprint density at radius 2 is 1.81 bits per heavy atom. The molecule has 32 heavy (non-hydrogen) atoms. The third kappa shape index (κ3) is 7.01. The number of methoxy groups -OCH3 is 1. The summed E-state index contributed by atoms with van der Waals surface area (Å²) in [5.41, 5.74) is 1.79. The summed E-state index contributed by atoms with van der Waals surface area (Å²) in [4.78, 5) is 27.5. The van der Waals surface area contributed by atoms with Crippen molar-refractivity contribution in [1.82, 2.24) is 10.2 Å². The molecule has 0 spiro atoms. The molecule has 0 aromatic heterocycles. The quantitative estimate of drug-likeness (QED) is 0.598. The second kappa shape index (κ2) is 11.6. The number of nitrogens with zero attached hydrogens (tertiary/aromatic N) is 1. The predicted molar refractivity (Wildman–Crippen MR) is 127 cm³/mol. The Hall–Kier alpha value is -3.02. The highest BCUT2D eigenvalue weighted by molar-refractivity contribution is 5.88. The van der Waals surface area contributed by atoms with E-state index >= 15 is 0 Å². The van der Waals surface area contributed by atoms with Crippen LogP contribution in [0.2, 0.25) is 0 Å². The summed E-state index contributed by atoms with van der Waals surface area (Å²) >= 11 is 0. The summed E-state index contributed by atoms with van der Waals surface area (Å²) in [7, 11) is 1.60. The van der Waals surface area contributed by atoms with Crippen LogP contribution in [-0.4, -0.2) is 43.0 Å². The van der Waals surface area contributed by atoms with Gasteiger partial charge in [0.15, 0.2) is 6.61 Å². The van der Waals surface area contributed by atoms with E-state index < -0.39 is 6.04 Å². The van der Waals surface area contributed by atoms with Gasteiger partial charge < -0.3 is 19.7 Å². The van der Waals surface area contributed by atoms with Crippen LogP contribution in [0.1, 0.15) is 52.2 Å². The number of hydrogen-bond donors (Lipinski definition) is 1. The maximum Gasteiger partial charge on any atom is 0.261 e. The zero-order valence-corrected chi connectivity index (χ0v) is 20.1. The molecule has 2 rings (SSSR count). The molecule has 174 valence electrons. The van der Waals surface area contributed by atoms with E-state index in [2.05, 4.69) is 26.1 Å². The van der Waals surface area contributed by atoms with Crippen LogP contribution in [0, 0.1) is 0 Å². The second-order valence-corrected chi connectivity index (χ2v) is 8.88. The number of nitrogens with one attached hydrogen (secondary N) is 1. The topological polar surface area (TPSA) is 67.9 Å². The highest BCUT2D eigenvalue weighted by atomic mass is 16.5. The number of amides is 2. The van der Waals surface area contributed by atoms with Gasteiger partial charge in [-0.2, -0.15) is 0 Å². The smallest absolute Gasteiger partial charge is 0.261 e. The summed E-state index contributed by atoms with van der Waals surface area (Å²) in [5, 5.41) is 2.88. The molecule has 0 radical (unpaired) electrons. The lowest BCUT2D eigenvalue weighted by Crippen LogP contribution is -2.49. The average Bonchev–Trinajstić information content (AvgIpc) is 2.78. The molecule has 6 heteroatoms. The molecule has 0 saturated heterocycles. The minimum absolute atomic E-state index is 0.118. The van der Waals surface area contributed by atoms with E-state index in [1.165, 1.54) is 0 Å². The van der Waals surface area contributed by atoms with Crippen LogP contribution in [0.5, 0.6) is 11.5 Å². The Morgan fingerprint density at radius 1 is 1.09 bits per heavy atom. The molecule has 1 atom stereocenters. The van der Waals surface area contributed by atoms with E-state index in [9.17, 15) is 9.59 Å². The number of ether oxygens (including phenoxy) is 2. The molecule has 0 saturated carbocycles. The van der Waals surface area contributed by atoms with E-state index in [-0.39, 0.29) is 30.4 Å². The summed E-state index contributed by atoms with van der Waals surface area (Å²) in [6.45, 7) is 10.7. The SMILES string of the molecule is CCCNC(=O)C(C)N(Cc1cccc(OC)c1)C(=O)COc1ccccc1C(C)(C)C. The molecule has 2 amide bonds. The van der Waals surface area contributed by atoms with Crippen molar-refractivity contribution in [1.29, 1.82) is 0 Å². The van der Waals surface area contributed by atoms with Crippen LogP contribution in [0.25, 0.3) is 0 Å². The fourth-order valence-corrected chi connectivity index (χ4v) is 3.38. The third-order valence-electron chi connectivity index (χ3n) is 5.25. The van der Waals surface area contributed by atoms with E-state index in [0.717, 1.165) is 17.5 Å². The van der Waals surface area contributed by atoms with Gasteiger partial charge in [0.2, 0.25) is 5.91 Å². The summed E-state index contributed by atoms with van der Waals surface area (Å²) in [6.07, 6.45) is 0.828. The van der Waals surface area contributed by atoms with Crippen molar-refractivity contribution >= 4 is 11.8 Å². The van der Waals surface area contributed by atoms with Gasteiger partial charge in [-0.05, 0) is 48.1 Å². The van der Waals surface area contributed by atoms with Gasteiger partial charge in [0, 0.05) is 13.1 Å². The average molecular weight is 441 g/mol. The van der Waals surface area contributed by atoms with Crippen molar-refractivity contribution in [2.45, 2.75) is 59.0 Å². The minimum Gasteiger partial charge on any atom is -0.497 e. The number of hydrogen-bond acceptors (Lipinski definition) is 4. The zero-order chi connectivity index (χ0) is 23.7. The summed E-state index contributed by atoms with van der Waals surface area (Å²) in [6, 6.07) is 14.6. The van der Waals surface area contributed by atoms with Crippen molar-refractivity contribution < 1.29 is 19.1 Å². The molecular weight excluding hydrogens is 404 g/mol. The van der Waals surface area contributed by atoms with E-state index in [1.54, 1.807) is 18.9 Å². The lowest BCUT2D eigenvalue weighted by Gasteiger charge is -2.29. The molecule has 0 aliphatic carbocycles. The summed E-state index contributed by atoms with van der Waals surface area (Å²) in [5.74, 6) is 0.944. The number of benzene rings is 2. The van der Waals surface area contributed by atoms with Gasteiger partial charge in [0.25, 0.3) is 5.91 Å². The predicted octanol–water partition coefficient (Wildman–Crippen LogP) is 4.32. The van der Waals surface area contributed by atoms with Crippen LogP contribution in [0.4, 0.5) is 0 Å². The lowest BCUT2D eigenvalue weighted by molar-refractivity contribution is -0.142. The standard InChI is InChI=1S/C26H36N2O4/c1-7-15-27-25(30)19(2)28(17-20-11-10-12-21(16-20)31-6)24(29)18-32-23-14-9-8-13-22(23)26(3,4)5/h8-14,16,19H,7,15,17-18H2,1-6H3,(H,27,30). The van der Waals surface area contributed by atoms with E-state index in [0.29, 0.717) is 18.0 Å². The van der Waals surface area contributed by atoms with Crippen LogP contribution >= 0.6 is 0 Å². The van der Waals surface area contributed by atoms with Crippen molar-refractivity contribution in [2.75, 3.05) is 20.3 Å². The van der Waals surface area contributed by atoms with Gasteiger partial charge in [-0.1, -0.05) is 58.0 Å². The maximum atomic E-state index is 13.2. The Bertz CT molecular complexity index is 905. The highest BCUT2D eigenvalue weighted by Gasteiger charge is 2.27. The molecule has 1 unspecified atom stereocenters. The van der Waals surface area contributed by atoms with E-state index in [4.69, 9.17) is 9.47 Å². The van der Waals surface area contributed by atoms with Crippen LogP contribution in [-0.2, 0) is 21.5 Å². The molecule has 0 bridgehead atoms. The largest absolute Gasteiger partial charge is 0.497 e. The third-order valence-corrected chi connectivity index (χ3v) is 5.25. The normalized spacial score (nSPS) is 12.1. The molecule has 6 nitrogen and oxygen atoms in total. The van der Waals surface area contributed by atoms with E-state index in [1.807, 2.05) is 55.5 Å². The maximum absolute atomic E-state index is 13.2. The minimum atomic E-state index is -0.637. The van der Waals surface area contributed by atoms with Crippen LogP contribution in [0.3, 0.4) is 0 Å². The number of para-hydroxylation sites is 1. The molecule has 2 aromatic carbocycles. The summed E-state index contributed by atoms with van der Waals surface area (Å²) < 4.78 is 11.3. The fraction of sp³-hybridized carbons (Fsp3) is 0.462. The molecule has 2 aromatic rings. The molecule has 0 aliphatic rings. The first-order chi connectivity index (χ1) is 15.2. The van der Waals surface area contributed by atoms with Crippen molar-refractivity contribution in [3.8, 4) is 11.5 Å². The Balaban J connectivity index is 2.22. The highest BCUT2D eigenvalue weighted by Crippen LogP contribution is 2.31. The first-order valence-corrected chi connectivity index (χ1v) is 11.1. The van der Waals surface area contributed by atoms with Gasteiger partial charge in [0.05, 0.1) is 7.11 Å².